The van der Waals surface area contributed by atoms with Gasteiger partial charge in [0.05, 0.1) is 0 Å². The molecule has 0 bridgehead atoms. The van der Waals surface area contributed by atoms with Crippen molar-refractivity contribution in [2.75, 3.05) is 19.6 Å². The third-order valence-corrected chi connectivity index (χ3v) is 4.19. The summed E-state index contributed by atoms with van der Waals surface area (Å²) in [5.41, 5.74) is 0.731. The van der Waals surface area contributed by atoms with Crippen LogP contribution in [-0.4, -0.2) is 36.1 Å². The number of piperidine rings is 1. The fourth-order valence-corrected chi connectivity index (χ4v) is 3.67. The van der Waals surface area contributed by atoms with E-state index in [9.17, 15) is 0 Å². The Kier molecular flexibility index (Phi) is 5.25. The van der Waals surface area contributed by atoms with Crippen LogP contribution in [0.15, 0.2) is 0 Å². The Morgan fingerprint density at radius 2 is 1.78 bits per heavy atom. The molecule has 0 aliphatic carbocycles. The molecule has 0 aromatic carbocycles. The normalized spacial score (nSPS) is 27.5. The Morgan fingerprint density at radius 3 is 2.22 bits per heavy atom. The molecule has 0 amide bonds. The molecule has 1 N–H and O–H groups in total. The molecule has 0 spiro atoms. The second kappa shape index (κ2) is 5.92. The first-order valence-corrected chi connectivity index (χ1v) is 7.64. The summed E-state index contributed by atoms with van der Waals surface area (Å²) in [5, 5.41) is 3.63. The monoisotopic (exact) mass is 254 g/mol. The van der Waals surface area contributed by atoms with E-state index in [2.05, 4.69) is 58.7 Å². The zero-order valence-electron chi connectivity index (χ0n) is 13.6. The van der Waals surface area contributed by atoms with Gasteiger partial charge in [0.15, 0.2) is 0 Å². The molecule has 1 aliphatic heterocycles. The van der Waals surface area contributed by atoms with Gasteiger partial charge in [-0.05, 0) is 44.6 Å². The highest BCUT2D eigenvalue weighted by molar-refractivity contribution is 4.92. The van der Waals surface area contributed by atoms with Gasteiger partial charge in [-0.25, -0.2) is 0 Å². The fraction of sp³-hybridized carbons (Fsp3) is 1.00. The van der Waals surface area contributed by atoms with Gasteiger partial charge in [0.1, 0.15) is 0 Å². The van der Waals surface area contributed by atoms with E-state index in [0.717, 1.165) is 18.5 Å². The molecule has 0 radical (unpaired) electrons. The van der Waals surface area contributed by atoms with Crippen molar-refractivity contribution in [3.8, 4) is 0 Å². The molecule has 1 fully saturated rings. The van der Waals surface area contributed by atoms with E-state index in [0.29, 0.717) is 11.0 Å². The summed E-state index contributed by atoms with van der Waals surface area (Å²) in [6, 6.07) is 0.719. The van der Waals surface area contributed by atoms with Crippen LogP contribution in [-0.2, 0) is 0 Å². The number of nitrogens with zero attached hydrogens (tertiary/aromatic N) is 1. The first-order valence-electron chi connectivity index (χ1n) is 7.64. The third-order valence-electron chi connectivity index (χ3n) is 4.19. The summed E-state index contributed by atoms with van der Waals surface area (Å²) < 4.78 is 0. The first kappa shape index (κ1) is 16.0. The molecule has 0 aromatic heterocycles. The lowest BCUT2D eigenvalue weighted by Gasteiger charge is -2.48. The van der Waals surface area contributed by atoms with Gasteiger partial charge in [-0.3, -0.25) is 4.90 Å². The lowest BCUT2D eigenvalue weighted by molar-refractivity contribution is 0.0290. The Morgan fingerprint density at radius 1 is 1.17 bits per heavy atom. The van der Waals surface area contributed by atoms with E-state index in [1.54, 1.807) is 0 Å². The summed E-state index contributed by atoms with van der Waals surface area (Å²) in [4.78, 5) is 2.71. The molecule has 1 heterocycles. The van der Waals surface area contributed by atoms with Crippen LogP contribution >= 0.6 is 0 Å². The van der Waals surface area contributed by atoms with Crippen molar-refractivity contribution in [1.82, 2.24) is 10.2 Å². The van der Waals surface area contributed by atoms with Crippen molar-refractivity contribution in [2.45, 2.75) is 72.9 Å². The Balaban J connectivity index is 2.59. The quantitative estimate of drug-likeness (QED) is 0.826. The lowest BCUT2D eigenvalue weighted by atomic mass is 9.79. The maximum absolute atomic E-state index is 3.63. The summed E-state index contributed by atoms with van der Waals surface area (Å²) in [5.74, 6) is 0.762. The average molecular weight is 254 g/mol. The zero-order valence-corrected chi connectivity index (χ0v) is 13.6. The van der Waals surface area contributed by atoms with Crippen LogP contribution in [0.2, 0.25) is 0 Å². The summed E-state index contributed by atoms with van der Waals surface area (Å²) in [6.45, 7) is 20.1. The second-order valence-electron chi connectivity index (χ2n) is 7.93. The van der Waals surface area contributed by atoms with E-state index >= 15 is 0 Å². The van der Waals surface area contributed by atoms with Crippen LogP contribution in [0.1, 0.15) is 61.3 Å². The fourth-order valence-electron chi connectivity index (χ4n) is 3.67. The summed E-state index contributed by atoms with van der Waals surface area (Å²) in [7, 11) is 0. The van der Waals surface area contributed by atoms with Gasteiger partial charge >= 0.3 is 0 Å². The molecular weight excluding hydrogens is 220 g/mol. The van der Waals surface area contributed by atoms with E-state index in [-0.39, 0.29) is 0 Å². The summed E-state index contributed by atoms with van der Waals surface area (Å²) >= 11 is 0. The van der Waals surface area contributed by atoms with Crippen molar-refractivity contribution in [1.29, 1.82) is 0 Å². The molecular formula is C16H34N2. The molecule has 108 valence electrons. The van der Waals surface area contributed by atoms with Gasteiger partial charge in [-0.1, -0.05) is 34.6 Å². The van der Waals surface area contributed by atoms with Crippen LogP contribution in [0.25, 0.3) is 0 Å². The molecule has 2 heteroatoms. The maximum atomic E-state index is 3.63. The van der Waals surface area contributed by atoms with Crippen molar-refractivity contribution >= 4 is 0 Å². The van der Waals surface area contributed by atoms with Crippen molar-refractivity contribution in [2.24, 2.45) is 11.3 Å². The van der Waals surface area contributed by atoms with Crippen LogP contribution < -0.4 is 5.32 Å². The molecule has 0 saturated carbocycles. The van der Waals surface area contributed by atoms with Gasteiger partial charge < -0.3 is 5.32 Å². The van der Waals surface area contributed by atoms with Crippen LogP contribution in [0.4, 0.5) is 0 Å². The molecule has 0 aromatic rings. The van der Waals surface area contributed by atoms with E-state index < -0.39 is 0 Å². The number of rotatable bonds is 4. The van der Waals surface area contributed by atoms with Crippen molar-refractivity contribution < 1.29 is 0 Å². The minimum atomic E-state index is 0.323. The highest BCUT2D eigenvalue weighted by atomic mass is 15.2. The SMILES string of the molecule is CCNC1CCN(C(C)(C)CC(C)(C)C)CC1C. The van der Waals surface area contributed by atoms with Crippen LogP contribution in [0, 0.1) is 11.3 Å². The highest BCUT2D eigenvalue weighted by Crippen LogP contribution is 2.33. The minimum Gasteiger partial charge on any atom is -0.314 e. The zero-order chi connectivity index (χ0) is 14.0. The topological polar surface area (TPSA) is 15.3 Å². The minimum absolute atomic E-state index is 0.323. The molecule has 1 aliphatic rings. The number of likely N-dealkylation sites (tertiary alicyclic amines) is 1. The van der Waals surface area contributed by atoms with Gasteiger partial charge in [0, 0.05) is 24.7 Å². The smallest absolute Gasteiger partial charge is 0.0158 e. The predicted molar refractivity (Wildman–Crippen MR) is 81.0 cm³/mol. The lowest BCUT2D eigenvalue weighted by Crippen LogP contribution is -2.55. The molecule has 1 rings (SSSR count). The van der Waals surface area contributed by atoms with Gasteiger partial charge in [0.2, 0.25) is 0 Å². The van der Waals surface area contributed by atoms with Gasteiger partial charge in [0.25, 0.3) is 0 Å². The predicted octanol–water partition coefficient (Wildman–Crippen LogP) is 3.52. The molecule has 1 saturated heterocycles. The molecule has 2 unspecified atom stereocenters. The number of hydrogen-bond acceptors (Lipinski definition) is 2. The summed E-state index contributed by atoms with van der Waals surface area (Å²) in [6.07, 6.45) is 2.56. The van der Waals surface area contributed by atoms with E-state index in [1.807, 2.05) is 0 Å². The van der Waals surface area contributed by atoms with E-state index in [1.165, 1.54) is 25.9 Å². The number of nitrogens with one attached hydrogen (secondary N) is 1. The van der Waals surface area contributed by atoms with Crippen LogP contribution in [0.5, 0.6) is 0 Å². The first-order chi connectivity index (χ1) is 8.15. The maximum Gasteiger partial charge on any atom is 0.0158 e. The Hall–Kier alpha value is -0.0800. The largest absolute Gasteiger partial charge is 0.314 e. The third kappa shape index (κ3) is 4.55. The van der Waals surface area contributed by atoms with E-state index in [4.69, 9.17) is 0 Å². The molecule has 18 heavy (non-hydrogen) atoms. The highest BCUT2D eigenvalue weighted by Gasteiger charge is 2.36. The molecule has 2 atom stereocenters. The molecule has 2 nitrogen and oxygen atoms in total. The Labute approximate surface area is 115 Å². The Bertz CT molecular complexity index is 252. The van der Waals surface area contributed by atoms with Crippen molar-refractivity contribution in [3.05, 3.63) is 0 Å². The second-order valence-corrected chi connectivity index (χ2v) is 7.93. The van der Waals surface area contributed by atoms with Gasteiger partial charge in [-0.2, -0.15) is 0 Å². The standard InChI is InChI=1S/C16H34N2/c1-8-17-14-9-10-18(11-13(14)2)16(6,7)12-15(3,4)5/h13-14,17H,8-12H2,1-7H3. The van der Waals surface area contributed by atoms with Crippen molar-refractivity contribution in [3.63, 3.8) is 0 Å². The van der Waals surface area contributed by atoms with Crippen LogP contribution in [0.3, 0.4) is 0 Å². The number of hydrogen-bond donors (Lipinski definition) is 1. The van der Waals surface area contributed by atoms with Gasteiger partial charge in [-0.15, -0.1) is 0 Å². The average Bonchev–Trinajstić information content (AvgIpc) is 2.17.